The SMILES string of the molecule is COc1cc([C@@H]2C(C#N)=C(N)Oc3cc4c(cc32)OCO4)ccc1OCc1ccc(F)cc1. The molecular weight excluding hydrogens is 427 g/mol. The highest BCUT2D eigenvalue weighted by atomic mass is 19.1. The molecule has 166 valence electrons. The molecule has 3 aromatic carbocycles. The van der Waals surface area contributed by atoms with E-state index in [-0.39, 0.29) is 30.7 Å². The predicted molar refractivity (Wildman–Crippen MR) is 116 cm³/mol. The molecule has 0 unspecified atom stereocenters. The Morgan fingerprint density at radius 1 is 1.03 bits per heavy atom. The van der Waals surface area contributed by atoms with Crippen molar-refractivity contribution in [1.29, 1.82) is 5.26 Å². The third-order valence-electron chi connectivity index (χ3n) is 5.54. The van der Waals surface area contributed by atoms with Crippen LogP contribution in [0.25, 0.3) is 0 Å². The number of ether oxygens (including phenoxy) is 5. The molecule has 0 spiro atoms. The first-order valence-corrected chi connectivity index (χ1v) is 10.1. The van der Waals surface area contributed by atoms with Crippen LogP contribution in [0.4, 0.5) is 4.39 Å². The molecule has 0 bridgehead atoms. The Labute approximate surface area is 189 Å². The summed E-state index contributed by atoms with van der Waals surface area (Å²) in [5.74, 6) is 1.86. The minimum atomic E-state index is -0.492. The van der Waals surface area contributed by atoms with Gasteiger partial charge in [0, 0.05) is 11.6 Å². The molecule has 2 N–H and O–H groups in total. The van der Waals surface area contributed by atoms with E-state index >= 15 is 0 Å². The van der Waals surface area contributed by atoms with Crippen LogP contribution >= 0.6 is 0 Å². The lowest BCUT2D eigenvalue weighted by Gasteiger charge is -2.27. The number of halogens is 1. The van der Waals surface area contributed by atoms with Gasteiger partial charge < -0.3 is 29.4 Å². The van der Waals surface area contributed by atoms with Crippen molar-refractivity contribution in [2.75, 3.05) is 13.9 Å². The normalized spacial score (nSPS) is 16.0. The fourth-order valence-electron chi connectivity index (χ4n) is 3.91. The van der Waals surface area contributed by atoms with Crippen molar-refractivity contribution in [3.05, 3.63) is 88.6 Å². The standard InChI is InChI=1S/C25H19FN2O5/c1-29-21-8-15(4-7-19(21)30-12-14-2-5-16(26)6-3-14)24-17-9-22-23(32-13-31-22)10-20(17)33-25(28)18(24)11-27/h2-10,24H,12-13,28H2,1H3/t24-/m0/s1. The quantitative estimate of drug-likeness (QED) is 0.622. The Morgan fingerprint density at radius 2 is 1.79 bits per heavy atom. The number of benzene rings is 3. The monoisotopic (exact) mass is 446 g/mol. The summed E-state index contributed by atoms with van der Waals surface area (Å²) in [4.78, 5) is 0. The molecule has 0 aromatic heterocycles. The van der Waals surface area contributed by atoms with Crippen LogP contribution in [0, 0.1) is 17.1 Å². The molecule has 1 atom stereocenters. The van der Waals surface area contributed by atoms with Crippen LogP contribution < -0.4 is 29.4 Å². The highest BCUT2D eigenvalue weighted by Crippen LogP contribution is 2.48. The van der Waals surface area contributed by atoms with Crippen molar-refractivity contribution in [3.8, 4) is 34.8 Å². The van der Waals surface area contributed by atoms with E-state index in [4.69, 9.17) is 29.4 Å². The van der Waals surface area contributed by atoms with Crippen molar-refractivity contribution in [2.45, 2.75) is 12.5 Å². The summed E-state index contributed by atoms with van der Waals surface area (Å²) in [6, 6.07) is 17.2. The Kier molecular flexibility index (Phi) is 5.15. The first-order valence-electron chi connectivity index (χ1n) is 10.1. The molecule has 33 heavy (non-hydrogen) atoms. The van der Waals surface area contributed by atoms with Crippen molar-refractivity contribution in [2.24, 2.45) is 5.73 Å². The fourth-order valence-corrected chi connectivity index (χ4v) is 3.91. The topological polar surface area (TPSA) is 96.0 Å². The van der Waals surface area contributed by atoms with E-state index in [0.717, 1.165) is 16.7 Å². The Balaban J connectivity index is 1.50. The number of allylic oxidation sites excluding steroid dienone is 1. The highest BCUT2D eigenvalue weighted by molar-refractivity contribution is 5.62. The zero-order valence-electron chi connectivity index (χ0n) is 17.6. The van der Waals surface area contributed by atoms with Gasteiger partial charge in [-0.3, -0.25) is 0 Å². The summed E-state index contributed by atoms with van der Waals surface area (Å²) in [6.45, 7) is 0.362. The molecule has 0 fully saturated rings. The Morgan fingerprint density at radius 3 is 2.52 bits per heavy atom. The number of fused-ring (bicyclic) bond motifs is 2. The molecule has 0 amide bonds. The molecule has 7 nitrogen and oxygen atoms in total. The maximum absolute atomic E-state index is 13.1. The van der Waals surface area contributed by atoms with Gasteiger partial charge in [-0.2, -0.15) is 5.26 Å². The van der Waals surface area contributed by atoms with Crippen molar-refractivity contribution in [1.82, 2.24) is 0 Å². The van der Waals surface area contributed by atoms with E-state index in [1.165, 1.54) is 19.2 Å². The van der Waals surface area contributed by atoms with Crippen LogP contribution in [0.5, 0.6) is 28.7 Å². The second-order valence-electron chi connectivity index (χ2n) is 7.49. The first-order chi connectivity index (χ1) is 16.1. The van der Waals surface area contributed by atoms with Gasteiger partial charge in [0.25, 0.3) is 0 Å². The van der Waals surface area contributed by atoms with Gasteiger partial charge in [-0.15, -0.1) is 0 Å². The summed E-state index contributed by atoms with van der Waals surface area (Å²) >= 11 is 0. The fraction of sp³-hybridized carbons (Fsp3) is 0.160. The minimum Gasteiger partial charge on any atom is -0.493 e. The summed E-state index contributed by atoms with van der Waals surface area (Å²) in [5, 5.41) is 9.82. The van der Waals surface area contributed by atoms with E-state index in [1.54, 1.807) is 36.4 Å². The van der Waals surface area contributed by atoms with E-state index in [0.29, 0.717) is 28.7 Å². The van der Waals surface area contributed by atoms with Gasteiger partial charge in [-0.05, 0) is 41.5 Å². The number of methoxy groups -OCH3 is 1. The molecule has 0 radical (unpaired) electrons. The zero-order chi connectivity index (χ0) is 22.9. The molecule has 2 heterocycles. The number of hydrogen-bond acceptors (Lipinski definition) is 7. The van der Waals surface area contributed by atoms with Gasteiger partial charge >= 0.3 is 0 Å². The van der Waals surface area contributed by atoms with Crippen LogP contribution in [0.3, 0.4) is 0 Å². The van der Waals surface area contributed by atoms with Gasteiger partial charge in [-0.1, -0.05) is 18.2 Å². The van der Waals surface area contributed by atoms with Gasteiger partial charge in [0.05, 0.1) is 13.0 Å². The molecule has 0 saturated carbocycles. The van der Waals surface area contributed by atoms with E-state index in [2.05, 4.69) is 6.07 Å². The lowest BCUT2D eigenvalue weighted by atomic mass is 9.83. The van der Waals surface area contributed by atoms with Crippen molar-refractivity contribution >= 4 is 0 Å². The number of rotatable bonds is 5. The molecule has 0 aliphatic carbocycles. The van der Waals surface area contributed by atoms with Crippen LogP contribution in [-0.4, -0.2) is 13.9 Å². The second kappa shape index (κ2) is 8.28. The van der Waals surface area contributed by atoms with Gasteiger partial charge in [0.2, 0.25) is 12.7 Å². The molecular formula is C25H19FN2O5. The smallest absolute Gasteiger partial charge is 0.231 e. The lowest BCUT2D eigenvalue weighted by Crippen LogP contribution is -2.21. The average Bonchev–Trinajstić information content (AvgIpc) is 3.29. The maximum Gasteiger partial charge on any atom is 0.231 e. The van der Waals surface area contributed by atoms with E-state index in [9.17, 15) is 9.65 Å². The largest absolute Gasteiger partial charge is 0.493 e. The van der Waals surface area contributed by atoms with Gasteiger partial charge in [-0.25, -0.2) is 4.39 Å². The summed E-state index contributed by atoms with van der Waals surface area (Å²) in [5.41, 5.74) is 8.68. The molecule has 2 aliphatic rings. The Bertz CT molecular complexity index is 1300. The molecule has 3 aromatic rings. The van der Waals surface area contributed by atoms with Crippen LogP contribution in [0.2, 0.25) is 0 Å². The summed E-state index contributed by atoms with van der Waals surface area (Å²) < 4.78 is 41.2. The number of nitriles is 1. The number of hydrogen-bond donors (Lipinski definition) is 1. The highest BCUT2D eigenvalue weighted by Gasteiger charge is 2.33. The van der Waals surface area contributed by atoms with Gasteiger partial charge in [0.15, 0.2) is 23.0 Å². The zero-order valence-corrected chi connectivity index (χ0v) is 17.6. The molecule has 2 aliphatic heterocycles. The average molecular weight is 446 g/mol. The maximum atomic E-state index is 13.1. The number of nitrogens with zero attached hydrogens (tertiary/aromatic N) is 1. The predicted octanol–water partition coefficient (Wildman–Crippen LogP) is 4.36. The first kappa shape index (κ1) is 20.5. The van der Waals surface area contributed by atoms with Crippen molar-refractivity contribution < 1.29 is 28.1 Å². The Hall–Kier alpha value is -4.38. The second-order valence-corrected chi connectivity index (χ2v) is 7.49. The molecule has 0 saturated heterocycles. The third-order valence-corrected chi connectivity index (χ3v) is 5.54. The van der Waals surface area contributed by atoms with Crippen LogP contribution in [0.1, 0.15) is 22.6 Å². The van der Waals surface area contributed by atoms with Gasteiger partial charge in [0.1, 0.15) is 29.8 Å². The van der Waals surface area contributed by atoms with E-state index in [1.807, 2.05) is 6.07 Å². The minimum absolute atomic E-state index is 0.0319. The van der Waals surface area contributed by atoms with E-state index < -0.39 is 5.92 Å². The molecule has 8 heteroatoms. The lowest BCUT2D eigenvalue weighted by molar-refractivity contribution is 0.174. The molecule has 5 rings (SSSR count). The van der Waals surface area contributed by atoms with Crippen LogP contribution in [0.15, 0.2) is 66.1 Å². The van der Waals surface area contributed by atoms with Crippen molar-refractivity contribution in [3.63, 3.8) is 0 Å². The van der Waals surface area contributed by atoms with Crippen LogP contribution in [-0.2, 0) is 6.61 Å². The number of nitrogens with two attached hydrogens (primary N) is 1. The third kappa shape index (κ3) is 3.74. The summed E-state index contributed by atoms with van der Waals surface area (Å²) in [7, 11) is 1.54. The summed E-state index contributed by atoms with van der Waals surface area (Å²) in [6.07, 6.45) is 0.